The Bertz CT molecular complexity index is 239. The third-order valence-corrected chi connectivity index (χ3v) is 3.68. The number of hydrogen-bond donors (Lipinski definition) is 0. The summed E-state index contributed by atoms with van der Waals surface area (Å²) in [6.07, 6.45) is 0.378. The van der Waals surface area contributed by atoms with Gasteiger partial charge in [-0.15, -0.1) is 0 Å². The van der Waals surface area contributed by atoms with Crippen LogP contribution in [-0.2, 0) is 23.7 Å². The fourth-order valence-corrected chi connectivity index (χ4v) is 3.03. The first kappa shape index (κ1) is 18.8. The van der Waals surface area contributed by atoms with E-state index in [1.54, 1.807) is 0 Å². The summed E-state index contributed by atoms with van der Waals surface area (Å²) >= 11 is 0. The van der Waals surface area contributed by atoms with Crippen LogP contribution in [0.3, 0.4) is 0 Å². The van der Waals surface area contributed by atoms with Gasteiger partial charge in [-0.1, -0.05) is 0 Å². The molecule has 0 heterocycles. The summed E-state index contributed by atoms with van der Waals surface area (Å²) in [6, 6.07) is 0. The molecule has 0 radical (unpaired) electrons. The summed E-state index contributed by atoms with van der Waals surface area (Å²) in [7, 11) is 0. The lowest BCUT2D eigenvalue weighted by molar-refractivity contribution is -0.235. The fraction of sp³-hybridized carbons (Fsp3) is 1.00. The molecule has 0 aliphatic heterocycles. The molecule has 1 aliphatic rings. The molecular weight excluding hydrogens is 272 g/mol. The Morgan fingerprint density at radius 1 is 0.524 bits per heavy atom. The largest absolute Gasteiger partial charge is 0.376 e. The summed E-state index contributed by atoms with van der Waals surface area (Å²) in [5, 5.41) is 0. The zero-order valence-electron chi connectivity index (χ0n) is 14.2. The van der Waals surface area contributed by atoms with E-state index in [1.165, 1.54) is 0 Å². The molecule has 5 heteroatoms. The summed E-state index contributed by atoms with van der Waals surface area (Å²) in [4.78, 5) is 0. The van der Waals surface area contributed by atoms with Gasteiger partial charge < -0.3 is 23.7 Å². The predicted octanol–water partition coefficient (Wildman–Crippen LogP) is 2.42. The van der Waals surface area contributed by atoms with E-state index in [-0.39, 0.29) is 30.5 Å². The van der Waals surface area contributed by atoms with Crippen molar-refractivity contribution in [1.29, 1.82) is 0 Å². The van der Waals surface area contributed by atoms with E-state index in [1.807, 2.05) is 34.6 Å². The van der Waals surface area contributed by atoms with Gasteiger partial charge in [-0.25, -0.2) is 0 Å². The molecule has 1 rings (SSSR count). The summed E-state index contributed by atoms with van der Waals surface area (Å²) in [5.74, 6) is 0. The van der Waals surface area contributed by atoms with Crippen LogP contribution >= 0.6 is 0 Å². The average molecular weight is 304 g/mol. The van der Waals surface area contributed by atoms with E-state index >= 15 is 0 Å². The van der Waals surface area contributed by atoms with Crippen LogP contribution in [0, 0.1) is 0 Å². The maximum Gasteiger partial charge on any atom is 0.115 e. The number of rotatable bonds is 10. The Balaban J connectivity index is 2.95. The first-order chi connectivity index (χ1) is 10.2. The molecule has 126 valence electrons. The van der Waals surface area contributed by atoms with E-state index in [0.29, 0.717) is 33.0 Å². The van der Waals surface area contributed by atoms with Gasteiger partial charge in [0.2, 0.25) is 0 Å². The Morgan fingerprint density at radius 3 is 1.19 bits per heavy atom. The van der Waals surface area contributed by atoms with Crippen molar-refractivity contribution >= 4 is 0 Å². The van der Waals surface area contributed by atoms with Crippen molar-refractivity contribution < 1.29 is 23.7 Å². The first-order valence-corrected chi connectivity index (χ1v) is 8.31. The van der Waals surface area contributed by atoms with Crippen LogP contribution in [0.25, 0.3) is 0 Å². The second kappa shape index (κ2) is 10.5. The zero-order valence-corrected chi connectivity index (χ0v) is 14.2. The molecule has 0 aromatic carbocycles. The molecule has 1 unspecified atom stereocenters. The molecule has 21 heavy (non-hydrogen) atoms. The lowest BCUT2D eigenvalue weighted by Gasteiger charge is -2.45. The lowest BCUT2D eigenvalue weighted by Crippen LogP contribution is -2.60. The van der Waals surface area contributed by atoms with Crippen molar-refractivity contribution in [3.05, 3.63) is 0 Å². The monoisotopic (exact) mass is 304 g/mol. The van der Waals surface area contributed by atoms with Gasteiger partial charge in [0.05, 0.1) is 12.2 Å². The quantitative estimate of drug-likeness (QED) is 0.620. The van der Waals surface area contributed by atoms with E-state index < -0.39 is 0 Å². The van der Waals surface area contributed by atoms with Crippen LogP contribution in [0.2, 0.25) is 0 Å². The molecule has 0 aromatic heterocycles. The molecule has 0 aromatic rings. The third-order valence-electron chi connectivity index (χ3n) is 3.68. The van der Waals surface area contributed by atoms with E-state index in [4.69, 9.17) is 23.7 Å². The normalized spacial score (nSPS) is 33.3. The molecule has 5 nitrogen and oxygen atoms in total. The third kappa shape index (κ3) is 5.18. The van der Waals surface area contributed by atoms with Gasteiger partial charge in [-0.2, -0.15) is 0 Å². The van der Waals surface area contributed by atoms with Gasteiger partial charge in [0.15, 0.2) is 0 Å². The fourth-order valence-electron chi connectivity index (χ4n) is 3.03. The van der Waals surface area contributed by atoms with Crippen molar-refractivity contribution in [2.75, 3.05) is 33.0 Å². The van der Waals surface area contributed by atoms with Gasteiger partial charge in [-0.05, 0) is 34.6 Å². The van der Waals surface area contributed by atoms with Crippen molar-refractivity contribution in [2.24, 2.45) is 0 Å². The van der Waals surface area contributed by atoms with Gasteiger partial charge in [0.25, 0.3) is 0 Å². The SMILES string of the molecule is CCOC1[C@@H](OCC)[C@@H](OCC)C[C@H](OCC)[C@H]1OCC. The van der Waals surface area contributed by atoms with Gasteiger partial charge >= 0.3 is 0 Å². The van der Waals surface area contributed by atoms with Gasteiger partial charge in [0.1, 0.15) is 18.3 Å². The first-order valence-electron chi connectivity index (χ1n) is 8.31. The number of hydrogen-bond acceptors (Lipinski definition) is 5. The highest BCUT2D eigenvalue weighted by Gasteiger charge is 2.47. The second-order valence-electron chi connectivity index (χ2n) is 4.98. The Hall–Kier alpha value is -0.200. The van der Waals surface area contributed by atoms with Crippen molar-refractivity contribution in [3.8, 4) is 0 Å². The summed E-state index contributed by atoms with van der Waals surface area (Å²) < 4.78 is 29.6. The molecule has 0 saturated heterocycles. The van der Waals surface area contributed by atoms with Gasteiger partial charge in [0, 0.05) is 39.5 Å². The lowest BCUT2D eigenvalue weighted by atomic mass is 9.86. The van der Waals surface area contributed by atoms with Crippen LogP contribution in [0.1, 0.15) is 41.0 Å². The molecule has 1 saturated carbocycles. The highest BCUT2D eigenvalue weighted by molar-refractivity contribution is 4.97. The van der Waals surface area contributed by atoms with Gasteiger partial charge in [-0.3, -0.25) is 0 Å². The maximum atomic E-state index is 5.96. The Morgan fingerprint density at radius 2 is 0.857 bits per heavy atom. The van der Waals surface area contributed by atoms with E-state index in [2.05, 4.69) is 0 Å². The minimum Gasteiger partial charge on any atom is -0.376 e. The molecular formula is C16H32O5. The van der Waals surface area contributed by atoms with Crippen molar-refractivity contribution in [3.63, 3.8) is 0 Å². The van der Waals surface area contributed by atoms with Crippen LogP contribution in [0.15, 0.2) is 0 Å². The van der Waals surface area contributed by atoms with Crippen LogP contribution in [0.5, 0.6) is 0 Å². The minimum absolute atomic E-state index is 0.0141. The maximum absolute atomic E-state index is 5.96. The van der Waals surface area contributed by atoms with Crippen LogP contribution in [0.4, 0.5) is 0 Å². The van der Waals surface area contributed by atoms with Crippen molar-refractivity contribution in [2.45, 2.75) is 71.6 Å². The molecule has 1 aliphatic carbocycles. The molecule has 0 spiro atoms. The van der Waals surface area contributed by atoms with E-state index in [0.717, 1.165) is 6.42 Å². The highest BCUT2D eigenvalue weighted by Crippen LogP contribution is 2.31. The predicted molar refractivity (Wildman–Crippen MR) is 81.7 cm³/mol. The number of ether oxygens (including phenoxy) is 5. The smallest absolute Gasteiger partial charge is 0.115 e. The topological polar surface area (TPSA) is 46.2 Å². The summed E-state index contributed by atoms with van der Waals surface area (Å²) in [6.45, 7) is 13.2. The van der Waals surface area contributed by atoms with Crippen LogP contribution < -0.4 is 0 Å². The second-order valence-corrected chi connectivity index (χ2v) is 4.98. The summed E-state index contributed by atoms with van der Waals surface area (Å²) in [5.41, 5.74) is 0. The standard InChI is InChI=1S/C16H32O5/c1-6-17-12-11-13(18-7-2)15(20-9-4)16(21-10-5)14(12)19-8-3/h12-16H,6-11H2,1-5H3/t12-,13-,14-,15+,16?/m0/s1. The molecule has 0 amide bonds. The highest BCUT2D eigenvalue weighted by atomic mass is 16.6. The molecule has 0 bridgehead atoms. The minimum atomic E-state index is -0.156. The Kier molecular flexibility index (Phi) is 9.44. The van der Waals surface area contributed by atoms with Crippen molar-refractivity contribution in [1.82, 2.24) is 0 Å². The molecule has 0 N–H and O–H groups in total. The molecule has 1 fully saturated rings. The Labute approximate surface area is 129 Å². The van der Waals surface area contributed by atoms with Crippen LogP contribution in [-0.4, -0.2) is 63.6 Å². The van der Waals surface area contributed by atoms with E-state index in [9.17, 15) is 0 Å². The molecule has 5 atom stereocenters. The average Bonchev–Trinajstić information content (AvgIpc) is 2.47. The zero-order chi connectivity index (χ0) is 15.7.